The summed E-state index contributed by atoms with van der Waals surface area (Å²) in [5.41, 5.74) is 3.63. The number of rotatable bonds is 7. The van der Waals surface area contributed by atoms with Crippen molar-refractivity contribution < 1.29 is 9.47 Å². The molecule has 1 aliphatic heterocycles. The zero-order valence-corrected chi connectivity index (χ0v) is 14.7. The van der Waals surface area contributed by atoms with Crippen molar-refractivity contribution in [3.05, 3.63) is 53.3 Å². The average Bonchev–Trinajstić information content (AvgIpc) is 3.22. The van der Waals surface area contributed by atoms with E-state index in [0.29, 0.717) is 18.7 Å². The van der Waals surface area contributed by atoms with Gasteiger partial charge in [0.15, 0.2) is 0 Å². The van der Waals surface area contributed by atoms with Gasteiger partial charge in [0.05, 0.1) is 12.3 Å². The van der Waals surface area contributed by atoms with Gasteiger partial charge >= 0.3 is 0 Å². The van der Waals surface area contributed by atoms with Crippen molar-refractivity contribution in [1.82, 2.24) is 15.1 Å². The van der Waals surface area contributed by atoms with Crippen molar-refractivity contribution in [2.45, 2.75) is 51.6 Å². The quantitative estimate of drug-likeness (QED) is 0.847. The maximum Gasteiger partial charge on any atom is 0.114 e. The molecule has 1 saturated heterocycles. The molecular weight excluding hydrogens is 302 g/mol. The second kappa shape index (κ2) is 7.92. The summed E-state index contributed by atoms with van der Waals surface area (Å²) in [7, 11) is 1.73. The Labute approximate surface area is 144 Å². The molecule has 1 fully saturated rings. The van der Waals surface area contributed by atoms with Gasteiger partial charge in [-0.3, -0.25) is 4.68 Å². The molecular formula is C19H27N3O2. The summed E-state index contributed by atoms with van der Waals surface area (Å²) in [5.74, 6) is 0. The molecule has 0 amide bonds. The minimum absolute atomic E-state index is 0.0667. The number of hydrogen-bond acceptors (Lipinski definition) is 4. The van der Waals surface area contributed by atoms with Gasteiger partial charge in [0.2, 0.25) is 0 Å². The highest BCUT2D eigenvalue weighted by Gasteiger charge is 2.32. The fraction of sp³-hybridized carbons (Fsp3) is 0.526. The summed E-state index contributed by atoms with van der Waals surface area (Å²) in [6.07, 6.45) is 2.95. The van der Waals surface area contributed by atoms with Gasteiger partial charge < -0.3 is 14.8 Å². The van der Waals surface area contributed by atoms with E-state index < -0.39 is 0 Å². The van der Waals surface area contributed by atoms with Crippen molar-refractivity contribution >= 4 is 0 Å². The van der Waals surface area contributed by atoms with Gasteiger partial charge in [-0.1, -0.05) is 24.3 Å². The Hall–Kier alpha value is -1.69. The van der Waals surface area contributed by atoms with Gasteiger partial charge in [-0.15, -0.1) is 0 Å². The van der Waals surface area contributed by atoms with Crippen molar-refractivity contribution in [2.75, 3.05) is 13.7 Å². The summed E-state index contributed by atoms with van der Waals surface area (Å²) in [6, 6.07) is 11.2. The number of methoxy groups -OCH3 is 1. The first kappa shape index (κ1) is 17.1. The molecule has 0 radical (unpaired) electrons. The van der Waals surface area contributed by atoms with Gasteiger partial charge in [0, 0.05) is 38.5 Å². The Bertz CT molecular complexity index is 654. The second-order valence-electron chi connectivity index (χ2n) is 6.61. The lowest BCUT2D eigenvalue weighted by molar-refractivity contribution is 0.0899. The van der Waals surface area contributed by atoms with Gasteiger partial charge in [-0.2, -0.15) is 5.10 Å². The highest BCUT2D eigenvalue weighted by atomic mass is 16.5. The Balaban J connectivity index is 1.66. The summed E-state index contributed by atoms with van der Waals surface area (Å²) in [6.45, 7) is 6.56. The monoisotopic (exact) mass is 329 g/mol. The van der Waals surface area contributed by atoms with E-state index in [1.54, 1.807) is 7.11 Å². The first-order chi connectivity index (χ1) is 11.7. The molecule has 24 heavy (non-hydrogen) atoms. The molecule has 2 heterocycles. The van der Waals surface area contributed by atoms with E-state index >= 15 is 0 Å². The fourth-order valence-electron chi connectivity index (χ4n) is 3.32. The molecule has 0 aliphatic carbocycles. The molecule has 0 spiro atoms. The summed E-state index contributed by atoms with van der Waals surface area (Å²) >= 11 is 0. The van der Waals surface area contributed by atoms with Gasteiger partial charge in [0.1, 0.15) is 6.10 Å². The third kappa shape index (κ3) is 3.86. The van der Waals surface area contributed by atoms with E-state index in [4.69, 9.17) is 9.47 Å². The molecule has 3 rings (SSSR count). The predicted octanol–water partition coefficient (Wildman–Crippen LogP) is 3.23. The van der Waals surface area contributed by atoms with Crippen molar-refractivity contribution in [1.29, 1.82) is 0 Å². The van der Waals surface area contributed by atoms with Crippen LogP contribution in [0.2, 0.25) is 0 Å². The molecule has 0 bridgehead atoms. The van der Waals surface area contributed by atoms with Gasteiger partial charge in [-0.25, -0.2) is 0 Å². The first-order valence-corrected chi connectivity index (χ1v) is 8.64. The van der Waals surface area contributed by atoms with Crippen LogP contribution in [0.5, 0.6) is 0 Å². The number of ether oxygens (including phenoxy) is 2. The lowest BCUT2D eigenvalue weighted by Gasteiger charge is -2.22. The predicted molar refractivity (Wildman–Crippen MR) is 93.7 cm³/mol. The second-order valence-corrected chi connectivity index (χ2v) is 6.61. The molecule has 5 heteroatoms. The number of aromatic nitrogens is 2. The van der Waals surface area contributed by atoms with E-state index in [-0.39, 0.29) is 6.10 Å². The van der Waals surface area contributed by atoms with Crippen LogP contribution in [0.25, 0.3) is 0 Å². The molecule has 2 aromatic rings. The van der Waals surface area contributed by atoms with E-state index in [9.17, 15) is 0 Å². The van der Waals surface area contributed by atoms with Crippen molar-refractivity contribution in [3.63, 3.8) is 0 Å². The molecule has 1 N–H and O–H groups in total. The number of nitrogens with one attached hydrogen (secondary N) is 1. The van der Waals surface area contributed by atoms with E-state index in [1.165, 1.54) is 11.1 Å². The van der Waals surface area contributed by atoms with E-state index in [2.05, 4.69) is 59.3 Å². The SMILES string of the molecule is COCc1cccc(CN[C@H]2CCO[C@@H]2c2ccnn2C(C)C)c1. The van der Waals surface area contributed by atoms with Crippen LogP contribution in [0, 0.1) is 0 Å². The Morgan fingerprint density at radius 2 is 2.17 bits per heavy atom. The largest absolute Gasteiger partial charge is 0.380 e. The van der Waals surface area contributed by atoms with Crippen molar-refractivity contribution in [3.8, 4) is 0 Å². The Morgan fingerprint density at radius 1 is 1.33 bits per heavy atom. The third-order valence-corrected chi connectivity index (χ3v) is 4.44. The van der Waals surface area contributed by atoms with Gasteiger partial charge in [-0.05, 0) is 37.5 Å². The van der Waals surface area contributed by atoms with Crippen LogP contribution < -0.4 is 5.32 Å². The minimum atomic E-state index is 0.0667. The van der Waals surface area contributed by atoms with E-state index in [0.717, 1.165) is 25.3 Å². The highest BCUT2D eigenvalue weighted by molar-refractivity contribution is 5.23. The zero-order chi connectivity index (χ0) is 16.9. The Kier molecular flexibility index (Phi) is 5.66. The standard InChI is InChI=1S/C19H27N3O2/c1-14(2)22-18(7-9-21-22)19-17(8-10-24-19)20-12-15-5-4-6-16(11-15)13-23-3/h4-7,9,11,14,17,19-20H,8,10,12-13H2,1-3H3/t17-,19-/m0/s1. The first-order valence-electron chi connectivity index (χ1n) is 8.64. The topological polar surface area (TPSA) is 48.3 Å². The molecule has 2 atom stereocenters. The highest BCUT2D eigenvalue weighted by Crippen LogP contribution is 2.30. The molecule has 0 unspecified atom stereocenters. The van der Waals surface area contributed by atoms with Crippen LogP contribution in [0.3, 0.4) is 0 Å². The van der Waals surface area contributed by atoms with Crippen molar-refractivity contribution in [2.24, 2.45) is 0 Å². The Morgan fingerprint density at radius 3 is 2.96 bits per heavy atom. The molecule has 0 saturated carbocycles. The summed E-state index contributed by atoms with van der Waals surface area (Å²) in [5, 5.41) is 8.10. The normalized spacial score (nSPS) is 20.8. The van der Waals surface area contributed by atoms with Crippen LogP contribution in [0.4, 0.5) is 0 Å². The lowest BCUT2D eigenvalue weighted by Crippen LogP contribution is -2.32. The summed E-state index contributed by atoms with van der Waals surface area (Å²) < 4.78 is 13.3. The zero-order valence-electron chi connectivity index (χ0n) is 14.7. The minimum Gasteiger partial charge on any atom is -0.380 e. The lowest BCUT2D eigenvalue weighted by atomic mass is 10.1. The van der Waals surface area contributed by atoms with Crippen LogP contribution in [0.1, 0.15) is 49.2 Å². The van der Waals surface area contributed by atoms with E-state index in [1.807, 2.05) is 6.20 Å². The van der Waals surface area contributed by atoms with Crippen LogP contribution in [0.15, 0.2) is 36.5 Å². The van der Waals surface area contributed by atoms with Crippen LogP contribution in [-0.2, 0) is 22.6 Å². The van der Waals surface area contributed by atoms with Crippen LogP contribution >= 0.6 is 0 Å². The maximum atomic E-state index is 6.01. The number of nitrogens with zero attached hydrogens (tertiary/aromatic N) is 2. The molecule has 5 nitrogen and oxygen atoms in total. The number of benzene rings is 1. The van der Waals surface area contributed by atoms with Gasteiger partial charge in [0.25, 0.3) is 0 Å². The summed E-state index contributed by atoms with van der Waals surface area (Å²) in [4.78, 5) is 0. The average molecular weight is 329 g/mol. The molecule has 1 aliphatic rings. The third-order valence-electron chi connectivity index (χ3n) is 4.44. The smallest absolute Gasteiger partial charge is 0.114 e. The molecule has 1 aromatic carbocycles. The molecule has 1 aromatic heterocycles. The van der Waals surface area contributed by atoms with Crippen LogP contribution in [-0.4, -0.2) is 29.5 Å². The molecule has 130 valence electrons. The number of hydrogen-bond donors (Lipinski definition) is 1. The maximum absolute atomic E-state index is 6.01. The fourth-order valence-corrected chi connectivity index (χ4v) is 3.32.